The quantitative estimate of drug-likeness (QED) is 0.455. The lowest BCUT2D eigenvalue weighted by molar-refractivity contribution is -0.386. The topological polar surface area (TPSA) is 52.4 Å². The molecule has 0 aliphatic rings. The van der Waals surface area contributed by atoms with Crippen molar-refractivity contribution in [2.75, 3.05) is 7.04 Å². The van der Waals surface area contributed by atoms with Crippen molar-refractivity contribution in [3.05, 3.63) is 33.6 Å². The molecule has 0 aliphatic carbocycles. The summed E-state index contributed by atoms with van der Waals surface area (Å²) in [5.41, 5.74) is -3.06. The number of rotatable bonds is 2. The van der Waals surface area contributed by atoms with E-state index in [1.165, 1.54) is 0 Å². The van der Waals surface area contributed by atoms with E-state index >= 15 is 0 Å². The normalized spacial score (nSPS) is 14.9. The van der Waals surface area contributed by atoms with Gasteiger partial charge in [0, 0.05) is 6.07 Å². The number of methoxy groups -OCH3 is 1. The van der Waals surface area contributed by atoms with Crippen LogP contribution in [0.5, 0.6) is 5.75 Å². The number of nitro benzene ring substituents is 1. The van der Waals surface area contributed by atoms with Gasteiger partial charge in [-0.25, -0.2) is 4.39 Å². The van der Waals surface area contributed by atoms with Gasteiger partial charge in [0.15, 0.2) is 5.75 Å². The molecule has 0 atom stereocenters. The van der Waals surface area contributed by atoms with Crippen molar-refractivity contribution in [1.29, 1.82) is 0 Å². The number of nitro groups is 1. The molecule has 0 amide bonds. The first-order valence-electron chi connectivity index (χ1n) is 5.16. The molecular formula is C8H5F4NO3. The Morgan fingerprint density at radius 3 is 2.56 bits per heavy atom. The van der Waals surface area contributed by atoms with Gasteiger partial charge in [0.05, 0.1) is 27.7 Å². The Bertz CT molecular complexity index is 515. The lowest BCUT2D eigenvalue weighted by atomic mass is 10.1. The van der Waals surface area contributed by atoms with Crippen LogP contribution in [0.15, 0.2) is 12.1 Å². The van der Waals surface area contributed by atoms with Gasteiger partial charge in [0.1, 0.15) is 5.82 Å². The third-order valence-corrected chi connectivity index (χ3v) is 1.66. The molecule has 0 unspecified atom stereocenters. The van der Waals surface area contributed by atoms with Crippen LogP contribution in [0.4, 0.5) is 23.2 Å². The van der Waals surface area contributed by atoms with E-state index in [4.69, 9.17) is 4.11 Å². The minimum atomic E-state index is -5.13. The SMILES string of the molecule is [2H]C([2H])([2H])Oc1cc(C(F)(F)F)c(F)cc1[N+](=O)[O-]. The smallest absolute Gasteiger partial charge is 0.419 e. The van der Waals surface area contributed by atoms with Crippen molar-refractivity contribution in [3.63, 3.8) is 0 Å². The fourth-order valence-corrected chi connectivity index (χ4v) is 0.985. The molecule has 0 radical (unpaired) electrons. The number of nitrogens with zero attached hydrogens (tertiary/aromatic N) is 1. The van der Waals surface area contributed by atoms with Gasteiger partial charge in [0.2, 0.25) is 0 Å². The summed E-state index contributed by atoms with van der Waals surface area (Å²) in [7, 11) is -3.20. The van der Waals surface area contributed by atoms with Crippen LogP contribution < -0.4 is 4.74 Å². The monoisotopic (exact) mass is 242 g/mol. The van der Waals surface area contributed by atoms with E-state index < -0.39 is 41.0 Å². The summed E-state index contributed by atoms with van der Waals surface area (Å²) in [5, 5.41) is 10.5. The highest BCUT2D eigenvalue weighted by Crippen LogP contribution is 2.37. The summed E-state index contributed by atoms with van der Waals surface area (Å²) in [5.74, 6) is -3.07. The first-order valence-corrected chi connectivity index (χ1v) is 3.66. The van der Waals surface area contributed by atoms with Crippen LogP contribution in [-0.2, 0) is 6.18 Å². The van der Waals surface area contributed by atoms with Crippen LogP contribution >= 0.6 is 0 Å². The average Bonchev–Trinajstić information content (AvgIpc) is 2.15. The van der Waals surface area contributed by atoms with Crippen LogP contribution in [0.25, 0.3) is 0 Å². The molecule has 0 saturated heterocycles. The van der Waals surface area contributed by atoms with Gasteiger partial charge in [-0.15, -0.1) is 0 Å². The van der Waals surface area contributed by atoms with E-state index in [1.54, 1.807) is 0 Å². The molecule has 0 fully saturated rings. The summed E-state index contributed by atoms with van der Waals surface area (Å²) < 4.78 is 74.4. The van der Waals surface area contributed by atoms with Gasteiger partial charge in [-0.1, -0.05) is 0 Å². The van der Waals surface area contributed by atoms with Crippen molar-refractivity contribution < 1.29 is 31.3 Å². The minimum absolute atomic E-state index is 0.0378. The molecule has 0 spiro atoms. The van der Waals surface area contributed by atoms with Crippen molar-refractivity contribution >= 4 is 5.69 Å². The van der Waals surface area contributed by atoms with Crippen molar-refractivity contribution in [1.82, 2.24) is 0 Å². The van der Waals surface area contributed by atoms with Gasteiger partial charge >= 0.3 is 11.9 Å². The zero-order valence-electron chi connectivity index (χ0n) is 10.3. The van der Waals surface area contributed by atoms with E-state index in [0.717, 1.165) is 0 Å². The van der Waals surface area contributed by atoms with Crippen molar-refractivity contribution in [2.45, 2.75) is 6.18 Å². The predicted molar refractivity (Wildman–Crippen MR) is 44.6 cm³/mol. The Morgan fingerprint density at radius 1 is 1.50 bits per heavy atom. The minimum Gasteiger partial charge on any atom is -0.490 e. The average molecular weight is 242 g/mol. The molecular weight excluding hydrogens is 234 g/mol. The van der Waals surface area contributed by atoms with E-state index in [2.05, 4.69) is 4.74 Å². The highest BCUT2D eigenvalue weighted by molar-refractivity contribution is 5.49. The standard InChI is InChI=1S/C8H5F4NO3/c1-16-7-2-4(8(10,11)12)5(9)3-6(7)13(14)15/h2-3H,1H3/i1D3. The lowest BCUT2D eigenvalue weighted by Gasteiger charge is -2.09. The van der Waals surface area contributed by atoms with Crippen LogP contribution in [0.2, 0.25) is 0 Å². The highest BCUT2D eigenvalue weighted by atomic mass is 19.4. The van der Waals surface area contributed by atoms with Crippen molar-refractivity contribution in [2.24, 2.45) is 0 Å². The van der Waals surface area contributed by atoms with E-state index in [1.807, 2.05) is 0 Å². The molecule has 0 aromatic heterocycles. The summed E-state index contributed by atoms with van der Waals surface area (Å²) in [6.45, 7) is 0. The third-order valence-electron chi connectivity index (χ3n) is 1.66. The van der Waals surface area contributed by atoms with E-state index in [-0.39, 0.29) is 12.1 Å². The van der Waals surface area contributed by atoms with Crippen LogP contribution in [-0.4, -0.2) is 12.0 Å². The number of alkyl halides is 3. The second-order valence-corrected chi connectivity index (χ2v) is 2.66. The number of ether oxygens (including phenoxy) is 1. The second kappa shape index (κ2) is 3.95. The Balaban J connectivity index is 3.44. The maximum absolute atomic E-state index is 13.1. The summed E-state index contributed by atoms with van der Waals surface area (Å²) >= 11 is 0. The zero-order valence-corrected chi connectivity index (χ0v) is 7.34. The Labute approximate surface area is 90.8 Å². The lowest BCUT2D eigenvalue weighted by Crippen LogP contribution is -2.09. The van der Waals surface area contributed by atoms with E-state index in [9.17, 15) is 27.7 Å². The molecule has 0 aliphatic heterocycles. The Morgan fingerprint density at radius 2 is 2.12 bits per heavy atom. The van der Waals surface area contributed by atoms with Gasteiger partial charge in [0.25, 0.3) is 0 Å². The fourth-order valence-electron chi connectivity index (χ4n) is 0.985. The van der Waals surface area contributed by atoms with Gasteiger partial charge in [-0.05, 0) is 0 Å². The Kier molecular flexibility index (Phi) is 2.05. The van der Waals surface area contributed by atoms with Gasteiger partial charge in [-0.3, -0.25) is 10.1 Å². The number of halogens is 4. The Hall–Kier alpha value is -1.86. The van der Waals surface area contributed by atoms with E-state index in [0.29, 0.717) is 0 Å². The number of hydrogen-bond acceptors (Lipinski definition) is 3. The maximum Gasteiger partial charge on any atom is 0.419 e. The van der Waals surface area contributed by atoms with Gasteiger partial charge < -0.3 is 4.74 Å². The van der Waals surface area contributed by atoms with Crippen LogP contribution in [0.3, 0.4) is 0 Å². The molecule has 0 N–H and O–H groups in total. The molecule has 1 aromatic carbocycles. The first kappa shape index (κ1) is 8.31. The van der Waals surface area contributed by atoms with Crippen LogP contribution in [0.1, 0.15) is 9.68 Å². The zero-order chi connectivity index (χ0) is 15.0. The second-order valence-electron chi connectivity index (χ2n) is 2.66. The molecule has 8 heteroatoms. The number of hydrogen-bond donors (Lipinski definition) is 0. The molecule has 16 heavy (non-hydrogen) atoms. The molecule has 4 nitrogen and oxygen atoms in total. The van der Waals surface area contributed by atoms with Gasteiger partial charge in [-0.2, -0.15) is 13.2 Å². The molecule has 88 valence electrons. The number of benzene rings is 1. The summed E-state index contributed by atoms with van der Waals surface area (Å²) in [6, 6.07) is -0.0935. The molecule has 0 heterocycles. The maximum atomic E-state index is 13.1. The molecule has 0 bridgehead atoms. The largest absolute Gasteiger partial charge is 0.490 e. The predicted octanol–water partition coefficient (Wildman–Crippen LogP) is 2.76. The van der Waals surface area contributed by atoms with Crippen molar-refractivity contribution in [3.8, 4) is 5.75 Å². The fraction of sp³-hybridized carbons (Fsp3) is 0.250. The summed E-state index contributed by atoms with van der Waals surface area (Å²) in [4.78, 5) is 9.27. The molecule has 1 rings (SSSR count). The first-order chi connectivity index (χ1) is 8.42. The third kappa shape index (κ3) is 2.20. The summed E-state index contributed by atoms with van der Waals surface area (Å²) in [6.07, 6.45) is -5.13. The highest BCUT2D eigenvalue weighted by Gasteiger charge is 2.36. The van der Waals surface area contributed by atoms with Crippen LogP contribution in [0, 0.1) is 15.9 Å². The molecule has 1 aromatic rings. The molecule has 0 saturated carbocycles.